The molecule has 1 unspecified atom stereocenters. The largest absolute Gasteiger partial charge is 0.335 e. The van der Waals surface area contributed by atoms with Crippen LogP contribution in [0.15, 0.2) is 12.5 Å². The summed E-state index contributed by atoms with van der Waals surface area (Å²) in [6.45, 7) is 6.62. The summed E-state index contributed by atoms with van der Waals surface area (Å²) in [4.78, 5) is 6.84. The Morgan fingerprint density at radius 1 is 1.39 bits per heavy atom. The van der Waals surface area contributed by atoms with Crippen LogP contribution in [0.5, 0.6) is 0 Å². The monoisotopic (exact) mass is 250 g/mol. The molecule has 1 saturated heterocycles. The molecule has 1 fully saturated rings. The Kier molecular flexibility index (Phi) is 5.20. The summed E-state index contributed by atoms with van der Waals surface area (Å²) in [7, 11) is 0. The normalized spacial score (nSPS) is 21.3. The summed E-state index contributed by atoms with van der Waals surface area (Å²) in [6.07, 6.45) is 10.1. The van der Waals surface area contributed by atoms with Gasteiger partial charge in [-0.15, -0.1) is 0 Å². The lowest BCUT2D eigenvalue weighted by Crippen LogP contribution is -2.38. The van der Waals surface area contributed by atoms with Gasteiger partial charge in [0, 0.05) is 37.4 Å². The van der Waals surface area contributed by atoms with E-state index in [4.69, 9.17) is 5.73 Å². The van der Waals surface area contributed by atoms with Crippen molar-refractivity contribution >= 4 is 0 Å². The van der Waals surface area contributed by atoms with Crippen molar-refractivity contribution in [1.29, 1.82) is 0 Å². The van der Waals surface area contributed by atoms with Crippen molar-refractivity contribution in [1.82, 2.24) is 14.5 Å². The van der Waals surface area contributed by atoms with Gasteiger partial charge in [-0.05, 0) is 39.3 Å². The molecule has 0 radical (unpaired) electrons. The molecule has 0 spiro atoms. The predicted molar refractivity (Wildman–Crippen MR) is 74.5 cm³/mol. The van der Waals surface area contributed by atoms with E-state index in [0.717, 1.165) is 19.0 Å². The summed E-state index contributed by atoms with van der Waals surface area (Å²) in [5, 5.41) is 0. The number of imidazole rings is 1. The summed E-state index contributed by atoms with van der Waals surface area (Å²) in [6, 6.07) is 0.769. The van der Waals surface area contributed by atoms with E-state index in [2.05, 4.69) is 21.4 Å². The fraction of sp³-hybridized carbons (Fsp3) is 0.786. The molecule has 1 aromatic heterocycles. The first-order chi connectivity index (χ1) is 8.81. The summed E-state index contributed by atoms with van der Waals surface area (Å²) in [5.74, 6) is 0. The van der Waals surface area contributed by atoms with Gasteiger partial charge in [0.1, 0.15) is 0 Å². The zero-order chi connectivity index (χ0) is 12.8. The average Bonchev–Trinajstić information content (AvgIpc) is 2.80. The average molecular weight is 250 g/mol. The lowest BCUT2D eigenvalue weighted by Gasteiger charge is -2.33. The first-order valence-corrected chi connectivity index (χ1v) is 7.24. The van der Waals surface area contributed by atoms with Gasteiger partial charge >= 0.3 is 0 Å². The fourth-order valence-electron chi connectivity index (χ4n) is 2.84. The van der Waals surface area contributed by atoms with E-state index < -0.39 is 0 Å². The van der Waals surface area contributed by atoms with Crippen molar-refractivity contribution in [3.63, 3.8) is 0 Å². The van der Waals surface area contributed by atoms with Crippen LogP contribution in [0.4, 0.5) is 0 Å². The predicted octanol–water partition coefficient (Wildman–Crippen LogP) is 1.65. The molecule has 1 aromatic rings. The van der Waals surface area contributed by atoms with Crippen molar-refractivity contribution in [3.8, 4) is 0 Å². The molecule has 0 saturated carbocycles. The smallest absolute Gasteiger partial charge is 0.0948 e. The van der Waals surface area contributed by atoms with Gasteiger partial charge in [-0.2, -0.15) is 0 Å². The maximum Gasteiger partial charge on any atom is 0.0948 e. The van der Waals surface area contributed by atoms with E-state index in [-0.39, 0.29) is 0 Å². The van der Waals surface area contributed by atoms with Crippen LogP contribution in [0.2, 0.25) is 0 Å². The second-order valence-corrected chi connectivity index (χ2v) is 5.35. The lowest BCUT2D eigenvalue weighted by atomic mass is 10.0. The molecule has 1 aliphatic heterocycles. The second-order valence-electron chi connectivity index (χ2n) is 5.35. The topological polar surface area (TPSA) is 47.1 Å². The highest BCUT2D eigenvalue weighted by Crippen LogP contribution is 2.16. The van der Waals surface area contributed by atoms with Crippen LogP contribution in [0.25, 0.3) is 0 Å². The maximum absolute atomic E-state index is 5.60. The SMILES string of the molecule is CC1CCCCN1CCCn1cncc1CCN. The quantitative estimate of drug-likeness (QED) is 0.835. The molecule has 4 heteroatoms. The van der Waals surface area contributed by atoms with Crippen molar-refractivity contribution < 1.29 is 0 Å². The molecule has 4 nitrogen and oxygen atoms in total. The Labute approximate surface area is 110 Å². The minimum atomic E-state index is 0.703. The Morgan fingerprint density at radius 3 is 3.06 bits per heavy atom. The van der Waals surface area contributed by atoms with Crippen LogP contribution in [0.3, 0.4) is 0 Å². The molecular weight excluding hydrogens is 224 g/mol. The number of likely N-dealkylation sites (tertiary alicyclic amines) is 1. The first-order valence-electron chi connectivity index (χ1n) is 7.24. The van der Waals surface area contributed by atoms with Crippen LogP contribution in [-0.4, -0.2) is 40.1 Å². The van der Waals surface area contributed by atoms with Crippen LogP contribution in [0.1, 0.15) is 38.3 Å². The van der Waals surface area contributed by atoms with Crippen molar-refractivity contribution in [3.05, 3.63) is 18.2 Å². The molecule has 2 rings (SSSR count). The van der Waals surface area contributed by atoms with Crippen LogP contribution >= 0.6 is 0 Å². The number of hydrogen-bond donors (Lipinski definition) is 1. The van der Waals surface area contributed by atoms with Crippen LogP contribution in [-0.2, 0) is 13.0 Å². The molecule has 0 aliphatic carbocycles. The van der Waals surface area contributed by atoms with Crippen molar-refractivity contribution in [2.45, 2.75) is 51.6 Å². The van der Waals surface area contributed by atoms with Gasteiger partial charge < -0.3 is 15.2 Å². The maximum atomic E-state index is 5.60. The molecule has 0 bridgehead atoms. The Hall–Kier alpha value is -0.870. The molecular formula is C14H26N4. The van der Waals surface area contributed by atoms with E-state index in [1.807, 2.05) is 12.5 Å². The van der Waals surface area contributed by atoms with Gasteiger partial charge in [0.15, 0.2) is 0 Å². The van der Waals surface area contributed by atoms with E-state index in [1.165, 1.54) is 44.5 Å². The minimum Gasteiger partial charge on any atom is -0.335 e. The summed E-state index contributed by atoms with van der Waals surface area (Å²) < 4.78 is 2.25. The molecule has 0 amide bonds. The standard InChI is InChI=1S/C14H26N4/c1-13-5-2-3-8-17(13)9-4-10-18-12-16-11-14(18)6-7-15/h11-13H,2-10,15H2,1H3. The van der Waals surface area contributed by atoms with Gasteiger partial charge in [0.2, 0.25) is 0 Å². The van der Waals surface area contributed by atoms with Crippen LogP contribution < -0.4 is 5.73 Å². The molecule has 2 N–H and O–H groups in total. The Bertz CT molecular complexity index is 347. The van der Waals surface area contributed by atoms with E-state index in [0.29, 0.717) is 6.54 Å². The van der Waals surface area contributed by atoms with E-state index in [1.54, 1.807) is 0 Å². The van der Waals surface area contributed by atoms with Crippen molar-refractivity contribution in [2.24, 2.45) is 5.73 Å². The highest BCUT2D eigenvalue weighted by molar-refractivity contribution is 4.98. The highest BCUT2D eigenvalue weighted by atomic mass is 15.2. The van der Waals surface area contributed by atoms with Gasteiger partial charge in [0.05, 0.1) is 6.33 Å². The summed E-state index contributed by atoms with van der Waals surface area (Å²) >= 11 is 0. The third-order valence-corrected chi connectivity index (χ3v) is 3.98. The molecule has 102 valence electrons. The number of piperidine rings is 1. The number of aromatic nitrogens is 2. The zero-order valence-electron chi connectivity index (χ0n) is 11.5. The molecule has 1 atom stereocenters. The lowest BCUT2D eigenvalue weighted by molar-refractivity contribution is 0.156. The van der Waals surface area contributed by atoms with Gasteiger partial charge in [-0.25, -0.2) is 4.98 Å². The number of rotatable bonds is 6. The Morgan fingerprint density at radius 2 is 2.28 bits per heavy atom. The Balaban J connectivity index is 1.75. The van der Waals surface area contributed by atoms with Gasteiger partial charge in [-0.1, -0.05) is 6.42 Å². The number of nitrogens with two attached hydrogens (primary N) is 1. The summed E-state index contributed by atoms with van der Waals surface area (Å²) in [5.41, 5.74) is 6.87. The van der Waals surface area contributed by atoms with Crippen molar-refractivity contribution in [2.75, 3.05) is 19.6 Å². The highest BCUT2D eigenvalue weighted by Gasteiger charge is 2.17. The van der Waals surface area contributed by atoms with Gasteiger partial charge in [0.25, 0.3) is 0 Å². The van der Waals surface area contributed by atoms with Gasteiger partial charge in [-0.3, -0.25) is 0 Å². The molecule has 18 heavy (non-hydrogen) atoms. The van der Waals surface area contributed by atoms with E-state index in [9.17, 15) is 0 Å². The third-order valence-electron chi connectivity index (χ3n) is 3.98. The number of aryl methyl sites for hydroxylation is 1. The first kappa shape index (κ1) is 13.6. The zero-order valence-corrected chi connectivity index (χ0v) is 11.5. The molecule has 2 heterocycles. The molecule has 1 aliphatic rings. The second kappa shape index (κ2) is 6.90. The third kappa shape index (κ3) is 3.56. The van der Waals surface area contributed by atoms with Crippen LogP contribution in [0, 0.1) is 0 Å². The molecule has 0 aromatic carbocycles. The number of nitrogens with zero attached hydrogens (tertiary/aromatic N) is 3. The van der Waals surface area contributed by atoms with E-state index >= 15 is 0 Å². The minimum absolute atomic E-state index is 0.703. The fourth-order valence-corrected chi connectivity index (χ4v) is 2.84. The number of hydrogen-bond acceptors (Lipinski definition) is 3.